The molecule has 3 aromatic carbocycles. The van der Waals surface area contributed by atoms with Gasteiger partial charge in [0.2, 0.25) is 5.90 Å². The fourth-order valence-corrected chi connectivity index (χ4v) is 4.51. The molecule has 208 valence electrons. The number of hydrazine groups is 1. The van der Waals surface area contributed by atoms with Crippen LogP contribution in [-0.4, -0.2) is 41.7 Å². The average Bonchev–Trinajstić information content (AvgIpc) is 3.37. The first-order valence-electron chi connectivity index (χ1n) is 13.3. The summed E-state index contributed by atoms with van der Waals surface area (Å²) in [6.45, 7) is 4.48. The second-order valence-electron chi connectivity index (χ2n) is 9.79. The molecule has 3 aromatic rings. The molecule has 0 saturated carbocycles. The van der Waals surface area contributed by atoms with Gasteiger partial charge in [-0.05, 0) is 60.3 Å². The molecule has 1 aliphatic rings. The molecule has 10 heteroatoms. The summed E-state index contributed by atoms with van der Waals surface area (Å²) in [6.07, 6.45) is 0.0198. The van der Waals surface area contributed by atoms with Crippen molar-refractivity contribution in [3.05, 3.63) is 112 Å². The number of ether oxygens (including phenoxy) is 2. The van der Waals surface area contributed by atoms with E-state index in [2.05, 4.69) is 20.9 Å². The molecule has 2 atom stereocenters. The average molecular weight is 543 g/mol. The highest BCUT2D eigenvalue weighted by Crippen LogP contribution is 2.43. The fraction of sp³-hybridized carbons (Fsp3) is 0.333. The van der Waals surface area contributed by atoms with E-state index in [9.17, 15) is 4.79 Å². The highest BCUT2D eigenvalue weighted by Gasteiger charge is 2.53. The Hall–Kier alpha value is -4.37. The van der Waals surface area contributed by atoms with Gasteiger partial charge >= 0.3 is 0 Å². The third kappa shape index (κ3) is 6.79. The van der Waals surface area contributed by atoms with Crippen molar-refractivity contribution in [1.82, 2.24) is 10.9 Å². The van der Waals surface area contributed by atoms with Crippen LogP contribution >= 0.6 is 0 Å². The van der Waals surface area contributed by atoms with E-state index < -0.39 is 11.6 Å². The number of amides is 1. The second kappa shape index (κ2) is 13.6. The van der Waals surface area contributed by atoms with Gasteiger partial charge in [0.25, 0.3) is 5.91 Å². The first-order valence-corrected chi connectivity index (χ1v) is 13.3. The van der Waals surface area contributed by atoms with Gasteiger partial charge in [-0.3, -0.25) is 10.2 Å². The molecule has 3 N–H and O–H groups in total. The van der Waals surface area contributed by atoms with Gasteiger partial charge in [0.1, 0.15) is 5.75 Å². The lowest BCUT2D eigenvalue weighted by Crippen LogP contribution is -2.55. The Morgan fingerprint density at radius 2 is 1.80 bits per heavy atom. The summed E-state index contributed by atoms with van der Waals surface area (Å²) in [5.41, 5.74) is 16.6. The summed E-state index contributed by atoms with van der Waals surface area (Å²) >= 11 is 0. The zero-order valence-corrected chi connectivity index (χ0v) is 22.7. The molecule has 10 nitrogen and oxygen atoms in total. The van der Waals surface area contributed by atoms with Crippen molar-refractivity contribution in [3.8, 4) is 5.75 Å². The summed E-state index contributed by atoms with van der Waals surface area (Å²) in [6, 6.07) is 24.4. The van der Waals surface area contributed by atoms with Crippen molar-refractivity contribution in [3.63, 3.8) is 0 Å². The smallest absolute Gasteiger partial charge is 0.266 e. The van der Waals surface area contributed by atoms with Crippen molar-refractivity contribution in [2.75, 3.05) is 13.2 Å². The van der Waals surface area contributed by atoms with Crippen molar-refractivity contribution in [2.45, 2.75) is 50.9 Å². The lowest BCUT2D eigenvalue weighted by Gasteiger charge is -2.31. The van der Waals surface area contributed by atoms with Gasteiger partial charge in [-0.25, -0.2) is 10.4 Å². The largest absolute Gasteiger partial charge is 0.494 e. The van der Waals surface area contributed by atoms with Crippen LogP contribution < -0.4 is 15.6 Å². The number of nitrogens with one attached hydrogen (secondary N) is 2. The van der Waals surface area contributed by atoms with Crippen LogP contribution in [0.2, 0.25) is 0 Å². The predicted octanol–water partition coefficient (Wildman–Crippen LogP) is 4.79. The van der Waals surface area contributed by atoms with Gasteiger partial charge in [-0.2, -0.15) is 0 Å². The number of carbonyl (C=O) groups is 1. The molecule has 0 fully saturated rings. The number of benzene rings is 3. The van der Waals surface area contributed by atoms with Crippen LogP contribution in [0, 0.1) is 0 Å². The number of carbonyl (C=O) groups excluding carboxylic acids is 1. The summed E-state index contributed by atoms with van der Waals surface area (Å²) in [7, 11) is 0. The molecular weight excluding hydrogens is 508 g/mol. The third-order valence-electron chi connectivity index (χ3n) is 6.49. The van der Waals surface area contributed by atoms with Crippen molar-refractivity contribution in [2.24, 2.45) is 10.1 Å². The van der Waals surface area contributed by atoms with E-state index in [1.165, 1.54) is 0 Å². The van der Waals surface area contributed by atoms with Crippen molar-refractivity contribution in [1.29, 1.82) is 0 Å². The van der Waals surface area contributed by atoms with Gasteiger partial charge in [0.15, 0.2) is 11.6 Å². The molecule has 0 aromatic heterocycles. The quantitative estimate of drug-likeness (QED) is 0.0937. The molecule has 1 amide bonds. The zero-order chi connectivity index (χ0) is 28.4. The monoisotopic (exact) mass is 542 g/mol. The Balaban J connectivity index is 1.79. The minimum atomic E-state index is -1.37. The van der Waals surface area contributed by atoms with E-state index in [0.29, 0.717) is 30.2 Å². The molecule has 1 heterocycles. The third-order valence-corrected chi connectivity index (χ3v) is 6.49. The van der Waals surface area contributed by atoms with Crippen LogP contribution in [0.3, 0.4) is 0 Å². The zero-order valence-electron chi connectivity index (χ0n) is 22.7. The maximum atomic E-state index is 14.1. The van der Waals surface area contributed by atoms with Crippen LogP contribution in [0.5, 0.6) is 5.75 Å². The van der Waals surface area contributed by atoms with E-state index in [4.69, 9.17) is 25.1 Å². The van der Waals surface area contributed by atoms with Gasteiger partial charge in [0.05, 0.1) is 13.2 Å². The van der Waals surface area contributed by atoms with E-state index in [1.54, 1.807) is 0 Å². The number of aliphatic hydroxyl groups excluding tert-OH is 1. The van der Waals surface area contributed by atoms with Crippen molar-refractivity contribution < 1.29 is 19.4 Å². The second-order valence-corrected chi connectivity index (χ2v) is 9.79. The van der Waals surface area contributed by atoms with Crippen molar-refractivity contribution >= 4 is 11.8 Å². The Labute approximate surface area is 233 Å². The number of hydrogen-bond acceptors (Lipinski definition) is 7. The normalized spacial score (nSPS) is 18.0. The summed E-state index contributed by atoms with van der Waals surface area (Å²) in [5.74, 6) is 0.656. The predicted molar refractivity (Wildman–Crippen MR) is 153 cm³/mol. The van der Waals surface area contributed by atoms with Crippen LogP contribution in [0.1, 0.15) is 48.6 Å². The van der Waals surface area contributed by atoms with E-state index >= 15 is 0 Å². The highest BCUT2D eigenvalue weighted by molar-refractivity contribution is 6.01. The summed E-state index contributed by atoms with van der Waals surface area (Å²) in [5, 5.41) is 12.8. The molecule has 0 bridgehead atoms. The highest BCUT2D eigenvalue weighted by atomic mass is 16.5. The Kier molecular flexibility index (Phi) is 9.75. The number of rotatable bonds is 13. The van der Waals surface area contributed by atoms with E-state index in [-0.39, 0.29) is 31.5 Å². The topological polar surface area (TPSA) is 141 Å². The summed E-state index contributed by atoms with van der Waals surface area (Å²) < 4.78 is 12.2. The van der Waals surface area contributed by atoms with Gasteiger partial charge in [-0.15, -0.1) is 0 Å². The van der Waals surface area contributed by atoms with Crippen LogP contribution in [-0.2, 0) is 22.5 Å². The van der Waals surface area contributed by atoms with Gasteiger partial charge in [-0.1, -0.05) is 59.7 Å². The SMILES string of the molecule is CC(C)NNC(=O)[C@@]1(Cc2ccccc2CN=[N+]=[N-])N=C(c2ccc(OCCCO)cc2)O[C@H]1c1ccccc1. The number of azide groups is 1. The van der Waals surface area contributed by atoms with Gasteiger partial charge in [0, 0.05) is 36.0 Å². The standard InChI is InChI=1S/C30H34N6O4/c1-21(2)34-35-29(38)30(19-24-11-6-7-12-25(24)20-32-36-31)27(22-9-4-3-5-10-22)40-28(33-30)23-13-15-26(16-14-23)39-18-8-17-37/h3-7,9-16,21,27,34,37H,8,17-20H2,1-2H3,(H,35,38)/t27-,30-/m0/s1. The van der Waals surface area contributed by atoms with Gasteiger partial charge < -0.3 is 14.6 Å². The maximum Gasteiger partial charge on any atom is 0.266 e. The first-order chi connectivity index (χ1) is 19.5. The lowest BCUT2D eigenvalue weighted by atomic mass is 9.81. The molecule has 40 heavy (non-hydrogen) atoms. The molecule has 0 aliphatic carbocycles. The molecule has 0 spiro atoms. The number of aliphatic imine (C=N–C) groups is 1. The molecule has 0 unspecified atom stereocenters. The Bertz CT molecular complexity index is 1360. The Morgan fingerprint density at radius 1 is 1.10 bits per heavy atom. The summed E-state index contributed by atoms with van der Waals surface area (Å²) in [4.78, 5) is 22.0. The number of aliphatic hydroxyl groups is 1. The molecule has 0 saturated heterocycles. The minimum absolute atomic E-state index is 0.00224. The molecular formula is C30H34N6O4. The number of hydrogen-bond donors (Lipinski definition) is 3. The number of nitrogens with zero attached hydrogens (tertiary/aromatic N) is 4. The fourth-order valence-electron chi connectivity index (χ4n) is 4.51. The van der Waals surface area contributed by atoms with Crippen LogP contribution in [0.4, 0.5) is 0 Å². The first kappa shape index (κ1) is 28.6. The molecule has 4 rings (SSSR count). The lowest BCUT2D eigenvalue weighted by molar-refractivity contribution is -0.130. The van der Waals surface area contributed by atoms with Crippen LogP contribution in [0.15, 0.2) is 89.0 Å². The molecule has 1 aliphatic heterocycles. The minimum Gasteiger partial charge on any atom is -0.494 e. The van der Waals surface area contributed by atoms with E-state index in [0.717, 1.165) is 16.7 Å². The van der Waals surface area contributed by atoms with Crippen LogP contribution in [0.25, 0.3) is 10.4 Å². The Morgan fingerprint density at radius 3 is 2.48 bits per heavy atom. The van der Waals surface area contributed by atoms with E-state index in [1.807, 2.05) is 92.7 Å². The maximum absolute atomic E-state index is 14.1. The molecule has 0 radical (unpaired) electrons.